The van der Waals surface area contributed by atoms with Gasteiger partial charge in [-0.25, -0.2) is 9.97 Å². The van der Waals surface area contributed by atoms with Gasteiger partial charge in [-0.05, 0) is 53.1 Å². The van der Waals surface area contributed by atoms with Crippen LogP contribution in [0.2, 0.25) is 0 Å². The van der Waals surface area contributed by atoms with Gasteiger partial charge in [0.1, 0.15) is 5.78 Å². The highest BCUT2D eigenvalue weighted by Crippen LogP contribution is 2.26. The zero-order valence-corrected chi connectivity index (χ0v) is 21.7. The van der Waals surface area contributed by atoms with Gasteiger partial charge in [-0.2, -0.15) is 0 Å². The standard InChI is InChI=1S/C26H47N5O/c1-8-23-18-30(21(5)6)19-24(9-2)31(23)26-27-15-22(16-28-26)17-29(7)14-12-10-11-13-25(32)20(3)4/h15-16,20-21,23-24H,8-14,17-19H2,1-7H3. The van der Waals surface area contributed by atoms with Gasteiger partial charge in [-0.3, -0.25) is 9.69 Å². The lowest BCUT2D eigenvalue weighted by Crippen LogP contribution is -2.60. The molecule has 1 aliphatic heterocycles. The van der Waals surface area contributed by atoms with Crippen molar-refractivity contribution in [2.75, 3.05) is 31.6 Å². The van der Waals surface area contributed by atoms with E-state index in [0.717, 1.165) is 76.2 Å². The number of piperazine rings is 1. The second-order valence-corrected chi connectivity index (χ2v) is 10.1. The number of hydrogen-bond acceptors (Lipinski definition) is 6. The van der Waals surface area contributed by atoms with E-state index >= 15 is 0 Å². The summed E-state index contributed by atoms with van der Waals surface area (Å²) in [4.78, 5) is 28.7. The number of rotatable bonds is 13. The Morgan fingerprint density at radius 2 is 1.62 bits per heavy atom. The fourth-order valence-electron chi connectivity index (χ4n) is 4.59. The first-order valence-corrected chi connectivity index (χ1v) is 12.8. The van der Waals surface area contributed by atoms with E-state index < -0.39 is 0 Å². The van der Waals surface area contributed by atoms with Gasteiger partial charge in [0.2, 0.25) is 5.95 Å². The lowest BCUT2D eigenvalue weighted by atomic mass is 10.0. The maximum atomic E-state index is 11.7. The summed E-state index contributed by atoms with van der Waals surface area (Å²) in [5.74, 6) is 1.44. The largest absolute Gasteiger partial charge is 0.332 e. The van der Waals surface area contributed by atoms with Crippen molar-refractivity contribution in [1.82, 2.24) is 19.8 Å². The summed E-state index contributed by atoms with van der Waals surface area (Å²) in [6.07, 6.45) is 10.2. The second-order valence-electron chi connectivity index (χ2n) is 10.1. The predicted octanol–water partition coefficient (Wildman–Crippen LogP) is 4.78. The van der Waals surface area contributed by atoms with Crippen LogP contribution in [0.3, 0.4) is 0 Å². The molecular formula is C26H47N5O. The van der Waals surface area contributed by atoms with Gasteiger partial charge in [-0.15, -0.1) is 0 Å². The average Bonchev–Trinajstić information content (AvgIpc) is 2.78. The molecule has 6 nitrogen and oxygen atoms in total. The normalized spacial score (nSPS) is 20.0. The quantitative estimate of drug-likeness (QED) is 0.407. The molecule has 0 aliphatic carbocycles. The molecule has 0 bridgehead atoms. The molecule has 6 heteroatoms. The van der Waals surface area contributed by atoms with Crippen molar-refractivity contribution < 1.29 is 4.79 Å². The van der Waals surface area contributed by atoms with Crippen LogP contribution in [0.5, 0.6) is 0 Å². The van der Waals surface area contributed by atoms with Gasteiger partial charge in [-0.1, -0.05) is 34.1 Å². The zero-order valence-electron chi connectivity index (χ0n) is 21.7. The maximum absolute atomic E-state index is 11.7. The number of nitrogens with zero attached hydrogens (tertiary/aromatic N) is 5. The molecule has 32 heavy (non-hydrogen) atoms. The number of aromatic nitrogens is 2. The van der Waals surface area contributed by atoms with Crippen LogP contribution in [0.15, 0.2) is 12.4 Å². The van der Waals surface area contributed by atoms with Crippen LogP contribution in [-0.2, 0) is 11.3 Å². The van der Waals surface area contributed by atoms with Crippen LogP contribution >= 0.6 is 0 Å². The Hall–Kier alpha value is -1.53. The summed E-state index contributed by atoms with van der Waals surface area (Å²) in [6, 6.07) is 1.51. The molecule has 2 unspecified atom stereocenters. The molecule has 0 spiro atoms. The second kappa shape index (κ2) is 13.2. The van der Waals surface area contributed by atoms with Gasteiger partial charge in [0, 0.05) is 68.1 Å². The maximum Gasteiger partial charge on any atom is 0.225 e. The topological polar surface area (TPSA) is 52.6 Å². The first-order chi connectivity index (χ1) is 15.3. The van der Waals surface area contributed by atoms with Gasteiger partial charge < -0.3 is 9.80 Å². The summed E-state index contributed by atoms with van der Waals surface area (Å²) >= 11 is 0. The number of carbonyl (C=O) groups excluding carboxylic acids is 1. The molecule has 1 aliphatic rings. The van der Waals surface area contributed by atoms with Crippen LogP contribution in [0.1, 0.15) is 85.6 Å². The molecule has 1 fully saturated rings. The molecule has 0 aromatic carbocycles. The number of hydrogen-bond donors (Lipinski definition) is 0. The van der Waals surface area contributed by atoms with Crippen LogP contribution in [0.25, 0.3) is 0 Å². The Morgan fingerprint density at radius 3 is 2.12 bits per heavy atom. The Balaban J connectivity index is 1.87. The molecule has 182 valence electrons. The fraction of sp³-hybridized carbons (Fsp3) is 0.808. The van der Waals surface area contributed by atoms with Gasteiger partial charge in [0.15, 0.2) is 0 Å². The number of Topliss-reactive ketones (excluding diaryl/α,β-unsaturated/α-hetero) is 1. The molecular weight excluding hydrogens is 398 g/mol. The molecule has 1 aromatic rings. The highest BCUT2D eigenvalue weighted by atomic mass is 16.1. The van der Waals surface area contributed by atoms with Crippen molar-refractivity contribution >= 4 is 11.7 Å². The average molecular weight is 446 g/mol. The summed E-state index contributed by atoms with van der Waals surface area (Å²) in [5.41, 5.74) is 1.16. The van der Waals surface area contributed by atoms with E-state index in [0.29, 0.717) is 23.9 Å². The van der Waals surface area contributed by atoms with Crippen molar-refractivity contribution in [3.05, 3.63) is 18.0 Å². The number of carbonyl (C=O) groups is 1. The summed E-state index contributed by atoms with van der Waals surface area (Å²) in [6.45, 7) is 17.2. The monoisotopic (exact) mass is 445 g/mol. The predicted molar refractivity (Wildman–Crippen MR) is 134 cm³/mol. The molecule has 1 saturated heterocycles. The Bertz CT molecular complexity index is 661. The number of anilines is 1. The Kier molecular flexibility index (Phi) is 11.1. The minimum Gasteiger partial charge on any atom is -0.332 e. The van der Waals surface area contributed by atoms with Gasteiger partial charge >= 0.3 is 0 Å². The zero-order chi connectivity index (χ0) is 23.7. The van der Waals surface area contributed by atoms with Gasteiger partial charge in [0.25, 0.3) is 0 Å². The van der Waals surface area contributed by atoms with E-state index in [1.165, 1.54) is 0 Å². The van der Waals surface area contributed by atoms with E-state index in [2.05, 4.69) is 49.4 Å². The third-order valence-electron chi connectivity index (χ3n) is 6.83. The minimum absolute atomic E-state index is 0.167. The van der Waals surface area contributed by atoms with E-state index in [4.69, 9.17) is 9.97 Å². The third-order valence-corrected chi connectivity index (χ3v) is 6.83. The van der Waals surface area contributed by atoms with E-state index in [1.807, 2.05) is 26.2 Å². The summed E-state index contributed by atoms with van der Waals surface area (Å²) in [7, 11) is 2.15. The SMILES string of the molecule is CCC1CN(C(C)C)CC(CC)N1c1ncc(CN(C)CCCCCC(=O)C(C)C)cn1. The molecule has 2 atom stereocenters. The van der Waals surface area contributed by atoms with Crippen molar-refractivity contribution in [1.29, 1.82) is 0 Å². The summed E-state index contributed by atoms with van der Waals surface area (Å²) < 4.78 is 0. The van der Waals surface area contributed by atoms with E-state index in [1.54, 1.807) is 0 Å². The van der Waals surface area contributed by atoms with Crippen LogP contribution in [0, 0.1) is 5.92 Å². The Labute approximate surface area is 196 Å². The van der Waals surface area contributed by atoms with Crippen molar-refractivity contribution in [2.24, 2.45) is 5.92 Å². The highest BCUT2D eigenvalue weighted by Gasteiger charge is 2.35. The Morgan fingerprint density at radius 1 is 1.03 bits per heavy atom. The lowest BCUT2D eigenvalue weighted by molar-refractivity contribution is -0.122. The molecule has 0 N–H and O–H groups in total. The summed E-state index contributed by atoms with van der Waals surface area (Å²) in [5, 5.41) is 0. The molecule has 1 aromatic heterocycles. The van der Waals surface area contributed by atoms with Crippen LogP contribution in [0.4, 0.5) is 5.95 Å². The van der Waals surface area contributed by atoms with Crippen LogP contribution in [-0.4, -0.2) is 70.4 Å². The molecule has 0 radical (unpaired) electrons. The molecule has 2 heterocycles. The highest BCUT2D eigenvalue weighted by molar-refractivity contribution is 5.80. The minimum atomic E-state index is 0.167. The lowest BCUT2D eigenvalue weighted by Gasteiger charge is -2.48. The van der Waals surface area contributed by atoms with E-state index in [9.17, 15) is 4.79 Å². The van der Waals surface area contributed by atoms with Gasteiger partial charge in [0.05, 0.1) is 0 Å². The van der Waals surface area contributed by atoms with Crippen LogP contribution < -0.4 is 4.90 Å². The third kappa shape index (κ3) is 7.80. The fourth-order valence-corrected chi connectivity index (χ4v) is 4.59. The van der Waals surface area contributed by atoms with Crippen molar-refractivity contribution in [3.63, 3.8) is 0 Å². The molecule has 0 saturated carbocycles. The first kappa shape index (κ1) is 26.7. The van der Waals surface area contributed by atoms with E-state index in [-0.39, 0.29) is 5.92 Å². The number of unbranched alkanes of at least 4 members (excludes halogenated alkanes) is 2. The smallest absolute Gasteiger partial charge is 0.225 e. The molecule has 2 rings (SSSR count). The molecule has 0 amide bonds. The van der Waals surface area contributed by atoms with Crippen molar-refractivity contribution in [3.8, 4) is 0 Å². The number of ketones is 1. The first-order valence-electron chi connectivity index (χ1n) is 12.8. The van der Waals surface area contributed by atoms with Crippen molar-refractivity contribution in [2.45, 2.75) is 105 Å².